The molecule has 0 aliphatic carbocycles. The van der Waals surface area contributed by atoms with Crippen molar-refractivity contribution in [1.29, 1.82) is 0 Å². The molecule has 1 heterocycles. The Hall–Kier alpha value is -0.120. The van der Waals surface area contributed by atoms with Gasteiger partial charge in [-0.25, -0.2) is 0 Å². The van der Waals surface area contributed by atoms with Crippen molar-refractivity contribution < 1.29 is 4.74 Å². The van der Waals surface area contributed by atoms with E-state index in [1.807, 2.05) is 0 Å². The first kappa shape index (κ1) is 14.9. The van der Waals surface area contributed by atoms with Crippen molar-refractivity contribution in [2.24, 2.45) is 5.92 Å². The maximum Gasteiger partial charge on any atom is 0.0593 e. The predicted molar refractivity (Wildman–Crippen MR) is 73.4 cm³/mol. The van der Waals surface area contributed by atoms with Crippen LogP contribution in [0.25, 0.3) is 0 Å². The molecular weight excluding hydrogens is 212 g/mol. The molecule has 1 aliphatic heterocycles. The van der Waals surface area contributed by atoms with E-state index in [0.29, 0.717) is 6.04 Å². The van der Waals surface area contributed by atoms with Crippen LogP contribution in [0.15, 0.2) is 0 Å². The van der Waals surface area contributed by atoms with Gasteiger partial charge in [-0.2, -0.15) is 0 Å². The Morgan fingerprint density at radius 2 is 1.94 bits per heavy atom. The number of nitrogens with zero attached hydrogens (tertiary/aromatic N) is 1. The van der Waals surface area contributed by atoms with E-state index in [9.17, 15) is 0 Å². The van der Waals surface area contributed by atoms with Gasteiger partial charge in [0.1, 0.15) is 0 Å². The fraction of sp³-hybridized carbons (Fsp3) is 1.00. The standard InChI is InChI=1S/C14H30N2O/c1-4-10-17-11-9-16(13(2)3)12-14-5-7-15-8-6-14/h13-15H,4-12H2,1-3H3. The molecule has 1 rings (SSSR count). The average molecular weight is 242 g/mol. The maximum absolute atomic E-state index is 5.60. The molecule has 3 nitrogen and oxygen atoms in total. The number of hydrogen-bond acceptors (Lipinski definition) is 3. The first-order valence-corrected chi connectivity index (χ1v) is 7.26. The zero-order valence-electron chi connectivity index (χ0n) is 11.9. The van der Waals surface area contributed by atoms with Crippen LogP contribution in [-0.2, 0) is 4.74 Å². The van der Waals surface area contributed by atoms with E-state index >= 15 is 0 Å². The van der Waals surface area contributed by atoms with Gasteiger partial charge >= 0.3 is 0 Å². The van der Waals surface area contributed by atoms with E-state index < -0.39 is 0 Å². The minimum atomic E-state index is 0.634. The second kappa shape index (κ2) is 8.90. The highest BCUT2D eigenvalue weighted by molar-refractivity contribution is 4.74. The van der Waals surface area contributed by atoms with Gasteiger partial charge in [-0.1, -0.05) is 6.92 Å². The molecule has 0 aromatic heterocycles. The van der Waals surface area contributed by atoms with Gasteiger partial charge in [0, 0.05) is 25.7 Å². The van der Waals surface area contributed by atoms with E-state index in [1.54, 1.807) is 0 Å². The van der Waals surface area contributed by atoms with E-state index in [-0.39, 0.29) is 0 Å². The SMILES string of the molecule is CCCOCCN(CC1CCNCC1)C(C)C. The molecule has 1 aliphatic rings. The number of ether oxygens (including phenoxy) is 1. The summed E-state index contributed by atoms with van der Waals surface area (Å²) in [6.45, 7) is 13.3. The van der Waals surface area contributed by atoms with Crippen LogP contribution in [0, 0.1) is 5.92 Å². The monoisotopic (exact) mass is 242 g/mol. The summed E-state index contributed by atoms with van der Waals surface area (Å²) in [4.78, 5) is 2.58. The topological polar surface area (TPSA) is 24.5 Å². The molecule has 3 heteroatoms. The van der Waals surface area contributed by atoms with Crippen molar-refractivity contribution in [2.75, 3.05) is 39.4 Å². The molecule has 0 bridgehead atoms. The van der Waals surface area contributed by atoms with Gasteiger partial charge in [-0.3, -0.25) is 4.90 Å². The highest BCUT2D eigenvalue weighted by Crippen LogP contribution is 2.14. The second-order valence-electron chi connectivity index (χ2n) is 5.39. The van der Waals surface area contributed by atoms with Crippen molar-refractivity contribution in [1.82, 2.24) is 10.2 Å². The van der Waals surface area contributed by atoms with E-state index in [4.69, 9.17) is 4.74 Å². The molecule has 0 unspecified atom stereocenters. The normalized spacial score (nSPS) is 18.2. The minimum Gasteiger partial charge on any atom is -0.380 e. The lowest BCUT2D eigenvalue weighted by Crippen LogP contribution is -2.41. The number of hydrogen-bond donors (Lipinski definition) is 1. The van der Waals surface area contributed by atoms with Gasteiger partial charge in [0.2, 0.25) is 0 Å². The summed E-state index contributed by atoms with van der Waals surface area (Å²) in [6, 6.07) is 0.634. The van der Waals surface area contributed by atoms with Crippen LogP contribution in [-0.4, -0.2) is 50.3 Å². The van der Waals surface area contributed by atoms with Gasteiger partial charge < -0.3 is 10.1 Å². The third kappa shape index (κ3) is 6.39. The molecule has 1 N–H and O–H groups in total. The molecule has 102 valence electrons. The van der Waals surface area contributed by atoms with Gasteiger partial charge in [-0.05, 0) is 52.1 Å². The Kier molecular flexibility index (Phi) is 7.82. The highest BCUT2D eigenvalue weighted by Gasteiger charge is 2.18. The fourth-order valence-corrected chi connectivity index (χ4v) is 2.38. The van der Waals surface area contributed by atoms with Gasteiger partial charge in [0.15, 0.2) is 0 Å². The molecule has 0 saturated carbocycles. The molecule has 0 aromatic rings. The molecule has 0 amide bonds. The van der Waals surface area contributed by atoms with Crippen LogP contribution in [0.4, 0.5) is 0 Å². The fourth-order valence-electron chi connectivity index (χ4n) is 2.38. The maximum atomic E-state index is 5.60. The molecule has 0 atom stereocenters. The predicted octanol–water partition coefficient (Wildman–Crippen LogP) is 2.12. The Balaban J connectivity index is 2.21. The van der Waals surface area contributed by atoms with Gasteiger partial charge in [-0.15, -0.1) is 0 Å². The lowest BCUT2D eigenvalue weighted by Gasteiger charge is -2.32. The Labute approximate surface area is 107 Å². The lowest BCUT2D eigenvalue weighted by molar-refractivity contribution is 0.0818. The number of rotatable bonds is 8. The Morgan fingerprint density at radius 1 is 1.24 bits per heavy atom. The third-order valence-corrected chi connectivity index (χ3v) is 3.55. The van der Waals surface area contributed by atoms with E-state index in [1.165, 1.54) is 32.5 Å². The van der Waals surface area contributed by atoms with Crippen LogP contribution in [0.2, 0.25) is 0 Å². The molecule has 1 saturated heterocycles. The van der Waals surface area contributed by atoms with E-state index in [0.717, 1.165) is 32.1 Å². The van der Waals surface area contributed by atoms with Crippen LogP contribution in [0.3, 0.4) is 0 Å². The Bertz CT molecular complexity index is 179. The van der Waals surface area contributed by atoms with Crippen LogP contribution >= 0.6 is 0 Å². The van der Waals surface area contributed by atoms with Crippen molar-refractivity contribution in [3.05, 3.63) is 0 Å². The minimum absolute atomic E-state index is 0.634. The van der Waals surface area contributed by atoms with Crippen molar-refractivity contribution in [3.8, 4) is 0 Å². The zero-order chi connectivity index (χ0) is 12.5. The first-order valence-electron chi connectivity index (χ1n) is 7.26. The molecule has 0 aromatic carbocycles. The van der Waals surface area contributed by atoms with Crippen LogP contribution < -0.4 is 5.32 Å². The van der Waals surface area contributed by atoms with E-state index in [2.05, 4.69) is 31.0 Å². The summed E-state index contributed by atoms with van der Waals surface area (Å²) in [5.74, 6) is 0.879. The molecule has 1 fully saturated rings. The smallest absolute Gasteiger partial charge is 0.0593 e. The van der Waals surface area contributed by atoms with Crippen molar-refractivity contribution in [2.45, 2.75) is 46.1 Å². The molecular formula is C14H30N2O. The summed E-state index contributed by atoms with van der Waals surface area (Å²) in [7, 11) is 0. The Morgan fingerprint density at radius 3 is 2.53 bits per heavy atom. The summed E-state index contributed by atoms with van der Waals surface area (Å²) >= 11 is 0. The summed E-state index contributed by atoms with van der Waals surface area (Å²) < 4.78 is 5.60. The van der Waals surface area contributed by atoms with Crippen LogP contribution in [0.1, 0.15) is 40.0 Å². The largest absolute Gasteiger partial charge is 0.380 e. The quantitative estimate of drug-likeness (QED) is 0.660. The van der Waals surface area contributed by atoms with Gasteiger partial charge in [0.05, 0.1) is 6.61 Å². The van der Waals surface area contributed by atoms with Crippen molar-refractivity contribution >= 4 is 0 Å². The number of nitrogens with one attached hydrogen (secondary N) is 1. The molecule has 0 spiro atoms. The van der Waals surface area contributed by atoms with Gasteiger partial charge in [0.25, 0.3) is 0 Å². The second-order valence-corrected chi connectivity index (χ2v) is 5.39. The lowest BCUT2D eigenvalue weighted by atomic mass is 9.97. The summed E-state index contributed by atoms with van der Waals surface area (Å²) in [5, 5.41) is 3.43. The highest BCUT2D eigenvalue weighted by atomic mass is 16.5. The molecule has 17 heavy (non-hydrogen) atoms. The first-order chi connectivity index (χ1) is 8.24. The summed E-state index contributed by atoms with van der Waals surface area (Å²) in [6.07, 6.45) is 3.79. The average Bonchev–Trinajstić information content (AvgIpc) is 2.34. The number of piperidine rings is 1. The van der Waals surface area contributed by atoms with Crippen molar-refractivity contribution in [3.63, 3.8) is 0 Å². The zero-order valence-corrected chi connectivity index (χ0v) is 11.9. The van der Waals surface area contributed by atoms with Crippen LogP contribution in [0.5, 0.6) is 0 Å². The molecule has 0 radical (unpaired) electrons. The summed E-state index contributed by atoms with van der Waals surface area (Å²) in [5.41, 5.74) is 0. The third-order valence-electron chi connectivity index (χ3n) is 3.55.